The zero-order valence-corrected chi connectivity index (χ0v) is 14.4. The molecule has 1 heterocycles. The highest BCUT2D eigenvalue weighted by Gasteiger charge is 2.11. The van der Waals surface area contributed by atoms with Crippen LogP contribution in [0.5, 0.6) is 0 Å². The normalized spacial score (nSPS) is 10.5. The van der Waals surface area contributed by atoms with Crippen molar-refractivity contribution in [2.75, 3.05) is 10.6 Å². The summed E-state index contributed by atoms with van der Waals surface area (Å²) in [6.45, 7) is 1.92. The van der Waals surface area contributed by atoms with Crippen LogP contribution in [-0.4, -0.2) is 10.9 Å². The summed E-state index contributed by atoms with van der Waals surface area (Å²) >= 11 is 6.00. The molecule has 1 amide bonds. The fourth-order valence-electron chi connectivity index (χ4n) is 2.30. The molecule has 7 heteroatoms. The summed E-state index contributed by atoms with van der Waals surface area (Å²) in [5.41, 5.74) is 2.43. The number of hydrogen-bond acceptors (Lipinski definition) is 3. The number of aryl methyl sites for hydroxylation is 1. The van der Waals surface area contributed by atoms with Gasteiger partial charge < -0.3 is 10.6 Å². The number of halogens is 3. The van der Waals surface area contributed by atoms with Crippen LogP contribution in [0.4, 0.5) is 25.8 Å². The minimum atomic E-state index is -0.852. The molecule has 0 fully saturated rings. The maximum Gasteiger partial charge on any atom is 0.257 e. The lowest BCUT2D eigenvalue weighted by Gasteiger charge is -2.11. The summed E-state index contributed by atoms with van der Waals surface area (Å²) in [7, 11) is 0. The van der Waals surface area contributed by atoms with E-state index in [0.29, 0.717) is 16.8 Å². The SMILES string of the molecule is Cc1ccc(Cl)cc1Nc1cncc(C(=O)Nc2ccc(F)cc2F)c1. The van der Waals surface area contributed by atoms with Crippen molar-refractivity contribution in [3.8, 4) is 0 Å². The third kappa shape index (κ3) is 4.15. The molecule has 0 bridgehead atoms. The summed E-state index contributed by atoms with van der Waals surface area (Å²) in [5.74, 6) is -2.13. The van der Waals surface area contributed by atoms with Crippen molar-refractivity contribution in [2.24, 2.45) is 0 Å². The van der Waals surface area contributed by atoms with Gasteiger partial charge in [-0.15, -0.1) is 0 Å². The van der Waals surface area contributed by atoms with Gasteiger partial charge in [0.25, 0.3) is 5.91 Å². The standard InChI is InChI=1S/C19H14ClF2N3O/c1-11-2-3-13(20)7-18(11)24-15-6-12(9-23-10-15)19(26)25-17-5-4-14(21)8-16(17)22/h2-10,24H,1H3,(H,25,26). The molecule has 3 aromatic rings. The van der Waals surface area contributed by atoms with Gasteiger partial charge in [0.05, 0.1) is 23.1 Å². The predicted molar refractivity (Wildman–Crippen MR) is 98.0 cm³/mol. The number of pyridine rings is 1. The summed E-state index contributed by atoms with van der Waals surface area (Å²) < 4.78 is 26.6. The van der Waals surface area contributed by atoms with Gasteiger partial charge in [-0.3, -0.25) is 9.78 Å². The van der Waals surface area contributed by atoms with E-state index in [1.165, 1.54) is 6.20 Å². The number of anilines is 3. The minimum Gasteiger partial charge on any atom is -0.354 e. The lowest BCUT2D eigenvalue weighted by molar-refractivity contribution is 0.102. The van der Waals surface area contributed by atoms with Crippen molar-refractivity contribution < 1.29 is 13.6 Å². The Morgan fingerprint density at radius 2 is 1.85 bits per heavy atom. The van der Waals surface area contributed by atoms with Crippen LogP contribution in [-0.2, 0) is 0 Å². The molecule has 0 radical (unpaired) electrons. The molecule has 0 atom stereocenters. The second-order valence-corrected chi connectivity index (χ2v) is 6.06. The molecule has 0 saturated carbocycles. The maximum atomic E-state index is 13.7. The largest absolute Gasteiger partial charge is 0.354 e. The van der Waals surface area contributed by atoms with Crippen LogP contribution in [0.25, 0.3) is 0 Å². The average molecular weight is 374 g/mol. The van der Waals surface area contributed by atoms with Crippen LogP contribution in [0.2, 0.25) is 5.02 Å². The van der Waals surface area contributed by atoms with Crippen molar-refractivity contribution in [3.63, 3.8) is 0 Å². The number of rotatable bonds is 4. The fraction of sp³-hybridized carbons (Fsp3) is 0.0526. The van der Waals surface area contributed by atoms with E-state index in [-0.39, 0.29) is 11.3 Å². The first-order valence-electron chi connectivity index (χ1n) is 7.67. The molecule has 0 aliphatic carbocycles. The number of nitrogens with zero attached hydrogens (tertiary/aromatic N) is 1. The lowest BCUT2D eigenvalue weighted by atomic mass is 10.2. The van der Waals surface area contributed by atoms with Gasteiger partial charge >= 0.3 is 0 Å². The zero-order chi connectivity index (χ0) is 18.7. The van der Waals surface area contributed by atoms with E-state index in [2.05, 4.69) is 15.6 Å². The molecule has 2 aromatic carbocycles. The van der Waals surface area contributed by atoms with E-state index in [9.17, 15) is 13.6 Å². The molecule has 26 heavy (non-hydrogen) atoms. The van der Waals surface area contributed by atoms with E-state index in [1.54, 1.807) is 24.4 Å². The van der Waals surface area contributed by atoms with Crippen molar-refractivity contribution >= 4 is 34.6 Å². The van der Waals surface area contributed by atoms with Crippen molar-refractivity contribution in [3.05, 3.63) is 82.6 Å². The Balaban J connectivity index is 1.80. The summed E-state index contributed by atoms with van der Waals surface area (Å²) in [6, 6.07) is 9.91. The summed E-state index contributed by atoms with van der Waals surface area (Å²) in [6.07, 6.45) is 2.91. The monoisotopic (exact) mass is 373 g/mol. The highest BCUT2D eigenvalue weighted by atomic mass is 35.5. The molecule has 4 nitrogen and oxygen atoms in total. The van der Waals surface area contributed by atoms with E-state index in [0.717, 1.165) is 23.4 Å². The zero-order valence-electron chi connectivity index (χ0n) is 13.7. The van der Waals surface area contributed by atoms with Crippen molar-refractivity contribution in [1.82, 2.24) is 4.98 Å². The first-order valence-corrected chi connectivity index (χ1v) is 8.05. The first-order chi connectivity index (χ1) is 12.4. The molecule has 2 N–H and O–H groups in total. The van der Waals surface area contributed by atoms with E-state index in [1.807, 2.05) is 13.0 Å². The van der Waals surface area contributed by atoms with E-state index >= 15 is 0 Å². The molecule has 1 aromatic heterocycles. The Morgan fingerprint density at radius 1 is 1.04 bits per heavy atom. The van der Waals surface area contributed by atoms with E-state index < -0.39 is 17.5 Å². The quantitative estimate of drug-likeness (QED) is 0.651. The van der Waals surface area contributed by atoms with Gasteiger partial charge in [0.15, 0.2) is 0 Å². The smallest absolute Gasteiger partial charge is 0.257 e. The first kappa shape index (κ1) is 17.8. The van der Waals surface area contributed by atoms with Crippen LogP contribution < -0.4 is 10.6 Å². The van der Waals surface area contributed by atoms with Gasteiger partial charge in [0.2, 0.25) is 0 Å². The van der Waals surface area contributed by atoms with Gasteiger partial charge in [0.1, 0.15) is 11.6 Å². The lowest BCUT2D eigenvalue weighted by Crippen LogP contribution is -2.13. The second-order valence-electron chi connectivity index (χ2n) is 5.62. The van der Waals surface area contributed by atoms with Crippen LogP contribution in [0.15, 0.2) is 54.9 Å². The molecule has 0 unspecified atom stereocenters. The predicted octanol–water partition coefficient (Wildman–Crippen LogP) is 5.32. The molecule has 0 aliphatic heterocycles. The number of carbonyl (C=O) groups excluding carboxylic acids is 1. The number of nitrogens with one attached hydrogen (secondary N) is 2. The molecular weight excluding hydrogens is 360 g/mol. The highest BCUT2D eigenvalue weighted by Crippen LogP contribution is 2.24. The summed E-state index contributed by atoms with van der Waals surface area (Å²) in [4.78, 5) is 16.3. The molecule has 3 rings (SSSR count). The number of carbonyl (C=O) groups is 1. The molecule has 132 valence electrons. The number of benzene rings is 2. The fourth-order valence-corrected chi connectivity index (χ4v) is 2.47. The van der Waals surface area contributed by atoms with Crippen LogP contribution >= 0.6 is 11.6 Å². The second kappa shape index (κ2) is 7.49. The van der Waals surface area contributed by atoms with Crippen LogP contribution in [0.3, 0.4) is 0 Å². The Morgan fingerprint density at radius 3 is 2.62 bits per heavy atom. The Bertz CT molecular complexity index is 979. The van der Waals surface area contributed by atoms with Gasteiger partial charge in [0, 0.05) is 23.0 Å². The summed E-state index contributed by atoms with van der Waals surface area (Å²) in [5, 5.41) is 6.11. The Kier molecular flexibility index (Phi) is 5.14. The van der Waals surface area contributed by atoms with Gasteiger partial charge in [-0.2, -0.15) is 0 Å². The maximum absolute atomic E-state index is 13.7. The highest BCUT2D eigenvalue weighted by molar-refractivity contribution is 6.30. The third-order valence-electron chi connectivity index (χ3n) is 3.66. The molecule has 0 spiro atoms. The topological polar surface area (TPSA) is 54.0 Å². The van der Waals surface area contributed by atoms with Crippen LogP contribution in [0, 0.1) is 18.6 Å². The molecular formula is C19H14ClF2N3O. The van der Waals surface area contributed by atoms with Crippen molar-refractivity contribution in [2.45, 2.75) is 6.92 Å². The number of hydrogen-bond donors (Lipinski definition) is 2. The van der Waals surface area contributed by atoms with Gasteiger partial charge in [-0.1, -0.05) is 17.7 Å². The number of aromatic nitrogens is 1. The van der Waals surface area contributed by atoms with E-state index in [4.69, 9.17) is 11.6 Å². The molecule has 0 aliphatic rings. The average Bonchev–Trinajstić information content (AvgIpc) is 2.61. The number of amides is 1. The van der Waals surface area contributed by atoms with Crippen LogP contribution in [0.1, 0.15) is 15.9 Å². The van der Waals surface area contributed by atoms with Gasteiger partial charge in [-0.05, 0) is 42.8 Å². The minimum absolute atomic E-state index is 0.111. The Hall–Kier alpha value is -2.99. The van der Waals surface area contributed by atoms with Gasteiger partial charge in [-0.25, -0.2) is 8.78 Å². The third-order valence-corrected chi connectivity index (χ3v) is 3.89. The molecule has 0 saturated heterocycles. The Labute approximate surface area is 153 Å². The van der Waals surface area contributed by atoms with Crippen molar-refractivity contribution in [1.29, 1.82) is 0 Å².